The molecule has 0 aliphatic carbocycles. The van der Waals surface area contributed by atoms with Crippen LogP contribution in [-0.2, 0) is 16.0 Å². The normalized spacial score (nSPS) is 12.8. The number of nitrogens with two attached hydrogens (primary N) is 1. The molecule has 2 N–H and O–H groups in total. The number of nitro benzene ring substituents is 1. The smallest absolute Gasteiger partial charge is 0.323 e. The molecule has 0 aliphatic rings. The Kier molecular flexibility index (Phi) is 4.61. The Morgan fingerprint density at radius 3 is 2.63 bits per heavy atom. The van der Waals surface area contributed by atoms with Gasteiger partial charge in [0.2, 0.25) is 0 Å². The molecule has 0 spiro atoms. The quantitative estimate of drug-likeness (QED) is 0.509. The van der Waals surface area contributed by atoms with Crippen molar-refractivity contribution < 1.29 is 14.5 Å². The number of non-ortho nitro benzene ring substituents is 1. The number of carbonyl (C=O) groups is 1. The number of hydrogen-bond donors (Lipinski definition) is 1. The molecule has 0 radical (unpaired) electrons. The Morgan fingerprint density at radius 2 is 2.11 bits per heavy atom. The summed E-state index contributed by atoms with van der Waals surface area (Å²) >= 11 is 0. The number of nitrogens with zero attached hydrogens (tertiary/aromatic N) is 1. The van der Waals surface area contributed by atoms with Gasteiger partial charge in [0.05, 0.1) is 4.92 Å². The van der Waals surface area contributed by atoms with Gasteiger partial charge in [0.1, 0.15) is 11.6 Å². The number of rotatable bonds is 4. The van der Waals surface area contributed by atoms with Crippen LogP contribution in [0.2, 0.25) is 0 Å². The predicted molar refractivity (Wildman–Crippen MR) is 70.6 cm³/mol. The van der Waals surface area contributed by atoms with E-state index in [-0.39, 0.29) is 12.1 Å². The highest BCUT2D eigenvalue weighted by molar-refractivity contribution is 5.76. The molecule has 0 fully saturated rings. The molecule has 104 valence electrons. The molecule has 19 heavy (non-hydrogen) atoms. The van der Waals surface area contributed by atoms with Crippen molar-refractivity contribution >= 4 is 11.7 Å². The van der Waals surface area contributed by atoms with Gasteiger partial charge in [-0.3, -0.25) is 14.9 Å². The van der Waals surface area contributed by atoms with Gasteiger partial charge in [-0.2, -0.15) is 0 Å². The van der Waals surface area contributed by atoms with Crippen molar-refractivity contribution in [2.75, 3.05) is 0 Å². The number of ether oxygens (including phenoxy) is 1. The standard InChI is InChI=1S/C13H18N2O4/c1-13(2,3)19-12(16)11(14)8-9-5-4-6-10(7-9)15(17)18/h4-7,11H,8,14H2,1-3H3/t11-/m1/s1. The molecule has 0 bridgehead atoms. The second kappa shape index (κ2) is 5.79. The summed E-state index contributed by atoms with van der Waals surface area (Å²) in [6, 6.07) is 5.22. The first-order valence-corrected chi connectivity index (χ1v) is 5.91. The zero-order chi connectivity index (χ0) is 14.6. The molecule has 0 amide bonds. The second-order valence-electron chi connectivity index (χ2n) is 5.27. The Hall–Kier alpha value is -1.95. The van der Waals surface area contributed by atoms with Gasteiger partial charge >= 0.3 is 5.97 Å². The van der Waals surface area contributed by atoms with E-state index >= 15 is 0 Å². The highest BCUT2D eigenvalue weighted by Crippen LogP contribution is 2.15. The molecule has 0 saturated heterocycles. The van der Waals surface area contributed by atoms with Gasteiger partial charge in [-0.15, -0.1) is 0 Å². The lowest BCUT2D eigenvalue weighted by atomic mass is 10.1. The van der Waals surface area contributed by atoms with Gasteiger partial charge in [-0.25, -0.2) is 0 Å². The van der Waals surface area contributed by atoms with Crippen molar-refractivity contribution in [2.45, 2.75) is 38.8 Å². The lowest BCUT2D eigenvalue weighted by Gasteiger charge is -2.22. The van der Waals surface area contributed by atoms with Gasteiger partial charge in [0, 0.05) is 12.1 Å². The molecule has 1 aromatic rings. The first-order valence-electron chi connectivity index (χ1n) is 5.91. The van der Waals surface area contributed by atoms with Crippen LogP contribution in [-0.4, -0.2) is 22.5 Å². The van der Waals surface area contributed by atoms with Crippen molar-refractivity contribution in [1.82, 2.24) is 0 Å². The number of esters is 1. The van der Waals surface area contributed by atoms with Crippen molar-refractivity contribution in [2.24, 2.45) is 5.73 Å². The van der Waals surface area contributed by atoms with Gasteiger partial charge in [0.25, 0.3) is 5.69 Å². The van der Waals surface area contributed by atoms with Crippen LogP contribution in [0.3, 0.4) is 0 Å². The lowest BCUT2D eigenvalue weighted by Crippen LogP contribution is -2.38. The van der Waals surface area contributed by atoms with Crippen molar-refractivity contribution in [3.05, 3.63) is 39.9 Å². The fourth-order valence-corrected chi connectivity index (χ4v) is 1.51. The summed E-state index contributed by atoms with van der Waals surface area (Å²) in [5.41, 5.74) is 5.75. The largest absolute Gasteiger partial charge is 0.459 e. The van der Waals surface area contributed by atoms with E-state index in [1.165, 1.54) is 12.1 Å². The minimum Gasteiger partial charge on any atom is -0.459 e. The van der Waals surface area contributed by atoms with E-state index in [1.807, 2.05) is 0 Å². The zero-order valence-electron chi connectivity index (χ0n) is 11.3. The molecule has 6 nitrogen and oxygen atoms in total. The molecule has 0 aliphatic heterocycles. The van der Waals surface area contributed by atoms with Crippen molar-refractivity contribution in [3.8, 4) is 0 Å². The first-order chi connectivity index (χ1) is 8.69. The Balaban J connectivity index is 2.71. The molecule has 1 rings (SSSR count). The summed E-state index contributed by atoms with van der Waals surface area (Å²) in [6.45, 7) is 5.26. The van der Waals surface area contributed by atoms with Crippen molar-refractivity contribution in [1.29, 1.82) is 0 Å². The summed E-state index contributed by atoms with van der Waals surface area (Å²) in [7, 11) is 0. The summed E-state index contributed by atoms with van der Waals surface area (Å²) in [6.07, 6.45) is 0.205. The van der Waals surface area contributed by atoms with Crippen LogP contribution in [0.1, 0.15) is 26.3 Å². The molecule has 6 heteroatoms. The maximum atomic E-state index is 11.7. The summed E-state index contributed by atoms with van der Waals surface area (Å²) in [5, 5.41) is 10.6. The molecular weight excluding hydrogens is 248 g/mol. The second-order valence-corrected chi connectivity index (χ2v) is 5.27. The van der Waals surface area contributed by atoms with E-state index < -0.39 is 22.5 Å². The average molecular weight is 266 g/mol. The van der Waals surface area contributed by atoms with E-state index in [2.05, 4.69) is 0 Å². The maximum Gasteiger partial charge on any atom is 0.323 e. The van der Waals surface area contributed by atoms with Crippen LogP contribution in [0.25, 0.3) is 0 Å². The number of benzene rings is 1. The van der Waals surface area contributed by atoms with E-state index in [4.69, 9.17) is 10.5 Å². The molecule has 0 saturated carbocycles. The van der Waals surface area contributed by atoms with Crippen LogP contribution in [0, 0.1) is 10.1 Å². The monoisotopic (exact) mass is 266 g/mol. The van der Waals surface area contributed by atoms with Crippen molar-refractivity contribution in [3.63, 3.8) is 0 Å². The minimum absolute atomic E-state index is 0.0195. The van der Waals surface area contributed by atoms with Gasteiger partial charge in [-0.1, -0.05) is 12.1 Å². The molecule has 0 unspecified atom stereocenters. The number of nitro groups is 1. The minimum atomic E-state index is -0.832. The third-order valence-corrected chi connectivity index (χ3v) is 2.29. The Morgan fingerprint density at radius 1 is 1.47 bits per heavy atom. The first kappa shape index (κ1) is 15.1. The Bertz CT molecular complexity index is 480. The third-order valence-electron chi connectivity index (χ3n) is 2.29. The van der Waals surface area contributed by atoms with Crippen LogP contribution < -0.4 is 5.73 Å². The van der Waals surface area contributed by atoms with Crippen LogP contribution in [0.15, 0.2) is 24.3 Å². The number of carbonyl (C=O) groups excluding carboxylic acids is 1. The summed E-state index contributed by atoms with van der Waals surface area (Å²) in [5.74, 6) is -0.515. The van der Waals surface area contributed by atoms with Gasteiger partial charge < -0.3 is 10.5 Å². The fourth-order valence-electron chi connectivity index (χ4n) is 1.51. The maximum absolute atomic E-state index is 11.7. The molecular formula is C13H18N2O4. The number of hydrogen-bond acceptors (Lipinski definition) is 5. The predicted octanol–water partition coefficient (Wildman–Crippen LogP) is 1.81. The molecule has 0 aromatic heterocycles. The van der Waals surface area contributed by atoms with E-state index in [1.54, 1.807) is 32.9 Å². The zero-order valence-corrected chi connectivity index (χ0v) is 11.3. The highest BCUT2D eigenvalue weighted by atomic mass is 16.6. The summed E-state index contributed by atoms with van der Waals surface area (Å²) in [4.78, 5) is 21.9. The van der Waals surface area contributed by atoms with E-state index in [0.717, 1.165) is 0 Å². The van der Waals surface area contributed by atoms with E-state index in [9.17, 15) is 14.9 Å². The fraction of sp³-hybridized carbons (Fsp3) is 0.462. The third kappa shape index (κ3) is 5.05. The molecule has 1 aromatic carbocycles. The summed E-state index contributed by atoms with van der Waals surface area (Å²) < 4.78 is 5.15. The van der Waals surface area contributed by atoms with Crippen LogP contribution in [0.4, 0.5) is 5.69 Å². The Labute approximate surface area is 111 Å². The highest BCUT2D eigenvalue weighted by Gasteiger charge is 2.22. The molecule has 1 atom stereocenters. The average Bonchev–Trinajstić information content (AvgIpc) is 2.27. The van der Waals surface area contributed by atoms with Gasteiger partial charge in [-0.05, 0) is 32.8 Å². The lowest BCUT2D eigenvalue weighted by molar-refractivity contribution is -0.384. The van der Waals surface area contributed by atoms with Crippen LogP contribution >= 0.6 is 0 Å². The topological polar surface area (TPSA) is 95.5 Å². The van der Waals surface area contributed by atoms with Gasteiger partial charge in [0.15, 0.2) is 0 Å². The van der Waals surface area contributed by atoms with Crippen LogP contribution in [0.5, 0.6) is 0 Å². The molecule has 0 heterocycles. The van der Waals surface area contributed by atoms with E-state index in [0.29, 0.717) is 5.56 Å². The SMILES string of the molecule is CC(C)(C)OC(=O)[C@H](N)Cc1cccc([N+](=O)[O-])c1.